The van der Waals surface area contributed by atoms with Crippen molar-refractivity contribution in [2.24, 2.45) is 0 Å². The number of nitrogens with zero attached hydrogens (tertiary/aromatic N) is 3. The Morgan fingerprint density at radius 1 is 1.27 bits per heavy atom. The largest absolute Gasteiger partial charge is 0.378 e. The second kappa shape index (κ2) is 9.15. The second-order valence-corrected chi connectivity index (χ2v) is 7.55. The SMILES string of the molecule is CC(=O)/C(=C/C(=N)c1ncc(F)c(N2CCc3[nH][nH]c(=O)c3C2)n1)NCc1ccccc1F. The monoisotopic (exact) mass is 453 g/mol. The predicted octanol–water partition coefficient (Wildman–Crippen LogP) is 1.96. The lowest BCUT2D eigenvalue weighted by atomic mass is 10.1. The van der Waals surface area contributed by atoms with Gasteiger partial charge in [-0.05, 0) is 12.1 Å². The van der Waals surface area contributed by atoms with Crippen LogP contribution in [0.3, 0.4) is 0 Å². The van der Waals surface area contributed by atoms with Gasteiger partial charge in [0.15, 0.2) is 23.2 Å². The van der Waals surface area contributed by atoms with Gasteiger partial charge in [-0.3, -0.25) is 20.1 Å². The average Bonchev–Trinajstić information content (AvgIpc) is 3.17. The molecule has 0 spiro atoms. The maximum absolute atomic E-state index is 14.5. The van der Waals surface area contributed by atoms with E-state index >= 15 is 0 Å². The third kappa shape index (κ3) is 4.71. The molecule has 1 aliphatic heterocycles. The van der Waals surface area contributed by atoms with Crippen molar-refractivity contribution in [2.45, 2.75) is 26.4 Å². The van der Waals surface area contributed by atoms with E-state index in [1.54, 1.807) is 23.1 Å². The molecule has 0 unspecified atom stereocenters. The number of carbonyl (C=O) groups excluding carboxylic acids is 1. The highest BCUT2D eigenvalue weighted by Crippen LogP contribution is 2.22. The van der Waals surface area contributed by atoms with Crippen LogP contribution >= 0.6 is 0 Å². The summed E-state index contributed by atoms with van der Waals surface area (Å²) in [6, 6.07) is 6.14. The Morgan fingerprint density at radius 3 is 2.82 bits per heavy atom. The quantitative estimate of drug-likeness (QED) is 0.320. The van der Waals surface area contributed by atoms with Gasteiger partial charge in [-0.15, -0.1) is 0 Å². The molecule has 170 valence electrons. The number of H-pyrrole nitrogens is 2. The molecule has 0 saturated carbocycles. The second-order valence-electron chi connectivity index (χ2n) is 7.55. The fraction of sp³-hybridized carbons (Fsp3) is 0.227. The van der Waals surface area contributed by atoms with Crippen molar-refractivity contribution in [1.82, 2.24) is 25.5 Å². The van der Waals surface area contributed by atoms with Crippen LogP contribution < -0.4 is 15.8 Å². The molecule has 0 radical (unpaired) electrons. The summed E-state index contributed by atoms with van der Waals surface area (Å²) in [5, 5.41) is 16.5. The van der Waals surface area contributed by atoms with Crippen molar-refractivity contribution < 1.29 is 13.6 Å². The van der Waals surface area contributed by atoms with Gasteiger partial charge in [0.25, 0.3) is 5.56 Å². The number of hydrogen-bond donors (Lipinski definition) is 4. The molecule has 0 bridgehead atoms. The van der Waals surface area contributed by atoms with Gasteiger partial charge < -0.3 is 15.3 Å². The van der Waals surface area contributed by atoms with E-state index in [1.807, 2.05) is 0 Å². The lowest BCUT2D eigenvalue weighted by Crippen LogP contribution is -2.34. The van der Waals surface area contributed by atoms with Gasteiger partial charge in [-0.25, -0.2) is 18.7 Å². The fourth-order valence-electron chi connectivity index (χ4n) is 3.53. The third-order valence-electron chi connectivity index (χ3n) is 5.31. The third-order valence-corrected chi connectivity index (χ3v) is 5.31. The zero-order valence-corrected chi connectivity index (χ0v) is 17.7. The fourth-order valence-corrected chi connectivity index (χ4v) is 3.53. The summed E-state index contributed by atoms with van der Waals surface area (Å²) in [7, 11) is 0. The number of allylic oxidation sites excluding steroid dienone is 2. The maximum atomic E-state index is 14.5. The van der Waals surface area contributed by atoms with Crippen LogP contribution in [0.2, 0.25) is 0 Å². The molecule has 0 fully saturated rings. The number of aromatic nitrogens is 4. The van der Waals surface area contributed by atoms with Crippen molar-refractivity contribution >= 4 is 17.3 Å². The Bertz CT molecular complexity index is 1310. The molecule has 0 atom stereocenters. The van der Waals surface area contributed by atoms with E-state index in [2.05, 4.69) is 25.5 Å². The molecule has 11 heteroatoms. The van der Waals surface area contributed by atoms with Crippen molar-refractivity contribution in [3.8, 4) is 0 Å². The molecule has 3 heterocycles. The normalized spacial score (nSPS) is 13.5. The van der Waals surface area contributed by atoms with Crippen LogP contribution in [0.15, 0.2) is 47.0 Å². The topological polar surface area (TPSA) is 131 Å². The minimum atomic E-state index is -0.685. The first-order chi connectivity index (χ1) is 15.8. The van der Waals surface area contributed by atoms with Gasteiger partial charge in [-0.2, -0.15) is 0 Å². The minimum absolute atomic E-state index is 0.0342. The molecule has 9 nitrogen and oxygen atoms in total. The van der Waals surface area contributed by atoms with E-state index in [9.17, 15) is 18.4 Å². The number of ketones is 1. The van der Waals surface area contributed by atoms with Crippen molar-refractivity contribution in [3.63, 3.8) is 0 Å². The highest BCUT2D eigenvalue weighted by atomic mass is 19.1. The number of halogens is 2. The summed E-state index contributed by atoms with van der Waals surface area (Å²) in [6.45, 7) is 1.93. The number of hydrogen-bond acceptors (Lipinski definition) is 7. The lowest BCUT2D eigenvalue weighted by Gasteiger charge is -2.27. The van der Waals surface area contributed by atoms with Crippen LogP contribution in [0.1, 0.15) is 29.6 Å². The van der Waals surface area contributed by atoms with Gasteiger partial charge in [-0.1, -0.05) is 18.2 Å². The Kier molecular flexibility index (Phi) is 6.11. The lowest BCUT2D eigenvalue weighted by molar-refractivity contribution is -0.114. The summed E-state index contributed by atoms with van der Waals surface area (Å²) < 4.78 is 28.4. The zero-order valence-electron chi connectivity index (χ0n) is 17.7. The van der Waals surface area contributed by atoms with E-state index in [0.29, 0.717) is 24.1 Å². The van der Waals surface area contributed by atoms with Gasteiger partial charge in [0.1, 0.15) is 11.5 Å². The number of benzene rings is 1. The molecule has 1 aliphatic rings. The molecule has 33 heavy (non-hydrogen) atoms. The summed E-state index contributed by atoms with van der Waals surface area (Å²) in [5.74, 6) is -1.59. The molecular weight excluding hydrogens is 432 g/mol. The van der Waals surface area contributed by atoms with Gasteiger partial charge in [0.05, 0.1) is 24.0 Å². The summed E-state index contributed by atoms with van der Waals surface area (Å²) in [5.41, 5.74) is 1.22. The number of fused-ring (bicyclic) bond motifs is 1. The van der Waals surface area contributed by atoms with E-state index in [4.69, 9.17) is 5.41 Å². The molecule has 0 saturated heterocycles. The average molecular weight is 453 g/mol. The van der Waals surface area contributed by atoms with Crippen molar-refractivity contribution in [1.29, 1.82) is 5.41 Å². The number of nitrogens with one attached hydrogen (secondary N) is 4. The summed E-state index contributed by atoms with van der Waals surface area (Å²) >= 11 is 0. The highest BCUT2D eigenvalue weighted by molar-refractivity contribution is 6.09. The van der Waals surface area contributed by atoms with Crippen molar-refractivity contribution in [2.75, 3.05) is 11.4 Å². The van der Waals surface area contributed by atoms with Crippen LogP contribution in [0, 0.1) is 17.0 Å². The Labute approximate surface area is 187 Å². The Hall–Kier alpha value is -4.15. The molecule has 2 aromatic heterocycles. The maximum Gasteiger partial charge on any atom is 0.269 e. The summed E-state index contributed by atoms with van der Waals surface area (Å²) in [4.78, 5) is 33.6. The van der Waals surface area contributed by atoms with Crippen LogP contribution in [0.4, 0.5) is 14.6 Å². The highest BCUT2D eigenvalue weighted by Gasteiger charge is 2.24. The Balaban J connectivity index is 1.55. The summed E-state index contributed by atoms with van der Waals surface area (Å²) in [6.07, 6.45) is 2.68. The Morgan fingerprint density at radius 2 is 2.06 bits per heavy atom. The van der Waals surface area contributed by atoms with Gasteiger partial charge >= 0.3 is 0 Å². The van der Waals surface area contributed by atoms with Crippen LogP contribution in [0.5, 0.6) is 0 Å². The smallest absolute Gasteiger partial charge is 0.269 e. The van der Waals surface area contributed by atoms with Crippen LogP contribution in [-0.4, -0.2) is 38.2 Å². The van der Waals surface area contributed by atoms with Crippen LogP contribution in [-0.2, 0) is 24.3 Å². The molecule has 0 amide bonds. The van der Waals surface area contributed by atoms with E-state index in [0.717, 1.165) is 11.9 Å². The van der Waals surface area contributed by atoms with E-state index in [1.165, 1.54) is 19.1 Å². The molecule has 1 aromatic carbocycles. The first-order valence-corrected chi connectivity index (χ1v) is 10.2. The zero-order chi connectivity index (χ0) is 23.5. The van der Waals surface area contributed by atoms with E-state index in [-0.39, 0.29) is 47.5 Å². The van der Waals surface area contributed by atoms with Gasteiger partial charge in [0, 0.05) is 37.7 Å². The molecule has 3 aromatic rings. The van der Waals surface area contributed by atoms with E-state index < -0.39 is 11.6 Å². The van der Waals surface area contributed by atoms with Crippen LogP contribution in [0.25, 0.3) is 0 Å². The standard InChI is InChI=1S/C22H21F2N7O2/c1-12(32)19(26-9-13-4-2-3-5-15(13)23)8-17(25)20-27-10-16(24)21(28-20)31-7-6-18-14(11-31)22(33)30-29-18/h2-5,8,10,25-26H,6-7,9,11H2,1H3,(H2,29,30,33)/b19-8-,25-17?. The molecular formula is C22H21F2N7O2. The van der Waals surface area contributed by atoms with Gasteiger partial charge in [0.2, 0.25) is 0 Å². The number of aromatic amines is 2. The number of carbonyl (C=O) groups is 1. The first-order valence-electron chi connectivity index (χ1n) is 10.2. The van der Waals surface area contributed by atoms with Crippen molar-refractivity contribution in [3.05, 3.63) is 86.9 Å². The minimum Gasteiger partial charge on any atom is -0.378 e. The first kappa shape index (κ1) is 22.1. The molecule has 0 aliphatic carbocycles. The molecule has 4 N–H and O–H groups in total. The number of Topliss-reactive ketones (excluding diaryl/α,β-unsaturated/α-hetero) is 1. The number of rotatable bonds is 7. The molecule has 4 rings (SSSR count). The number of anilines is 1. The predicted molar refractivity (Wildman–Crippen MR) is 117 cm³/mol.